The Bertz CT molecular complexity index is 521. The second kappa shape index (κ2) is 5.48. The molecule has 0 saturated carbocycles. The van der Waals surface area contributed by atoms with E-state index in [0.29, 0.717) is 6.54 Å². The number of likely N-dealkylation sites (tertiary alicyclic amines) is 1. The van der Waals surface area contributed by atoms with Crippen LogP contribution < -0.4 is 5.32 Å². The molecule has 5 heteroatoms. The molecule has 1 aromatic rings. The highest BCUT2D eigenvalue weighted by Crippen LogP contribution is 2.38. The SMILES string of the molecule is CNC(=O)[C@@H]1CCCN1C(=O)[C@@H]1Cc2ccccc2S1. The van der Waals surface area contributed by atoms with Gasteiger partial charge in [-0.1, -0.05) is 18.2 Å². The molecule has 0 spiro atoms. The molecule has 1 saturated heterocycles. The molecule has 0 aliphatic carbocycles. The minimum absolute atomic E-state index is 0.0450. The lowest BCUT2D eigenvalue weighted by Gasteiger charge is -2.25. The summed E-state index contributed by atoms with van der Waals surface area (Å²) in [5, 5.41) is 2.59. The fourth-order valence-electron chi connectivity index (χ4n) is 2.97. The van der Waals surface area contributed by atoms with Gasteiger partial charge in [-0.05, 0) is 30.9 Å². The number of likely N-dealkylation sites (N-methyl/N-ethyl adjacent to an activating group) is 1. The molecule has 1 N–H and O–H groups in total. The fraction of sp³-hybridized carbons (Fsp3) is 0.467. The molecule has 0 aromatic heterocycles. The average molecular weight is 290 g/mol. The van der Waals surface area contributed by atoms with Crippen LogP contribution in [0, 0.1) is 0 Å². The van der Waals surface area contributed by atoms with Crippen LogP contribution in [0.2, 0.25) is 0 Å². The van der Waals surface area contributed by atoms with E-state index < -0.39 is 0 Å². The van der Waals surface area contributed by atoms with E-state index in [0.717, 1.165) is 19.3 Å². The van der Waals surface area contributed by atoms with Gasteiger partial charge in [0.15, 0.2) is 0 Å². The maximum atomic E-state index is 12.7. The van der Waals surface area contributed by atoms with Crippen LogP contribution in [-0.2, 0) is 16.0 Å². The van der Waals surface area contributed by atoms with E-state index in [1.807, 2.05) is 12.1 Å². The fourth-order valence-corrected chi connectivity index (χ4v) is 4.24. The molecule has 106 valence electrons. The quantitative estimate of drug-likeness (QED) is 0.896. The van der Waals surface area contributed by atoms with Crippen LogP contribution >= 0.6 is 11.8 Å². The summed E-state index contributed by atoms with van der Waals surface area (Å²) < 4.78 is 0. The molecule has 4 nitrogen and oxygen atoms in total. The Morgan fingerprint density at radius 1 is 1.35 bits per heavy atom. The monoisotopic (exact) mass is 290 g/mol. The molecule has 3 rings (SSSR count). The van der Waals surface area contributed by atoms with Gasteiger partial charge in [0.1, 0.15) is 6.04 Å². The highest BCUT2D eigenvalue weighted by Gasteiger charge is 2.38. The maximum Gasteiger partial charge on any atom is 0.242 e. The highest BCUT2D eigenvalue weighted by atomic mass is 32.2. The summed E-state index contributed by atoms with van der Waals surface area (Å²) in [6.45, 7) is 0.699. The number of carbonyl (C=O) groups excluding carboxylic acids is 2. The zero-order valence-corrected chi connectivity index (χ0v) is 12.3. The van der Waals surface area contributed by atoms with Crippen LogP contribution in [0.5, 0.6) is 0 Å². The Balaban J connectivity index is 1.73. The number of hydrogen-bond donors (Lipinski definition) is 1. The number of fused-ring (bicyclic) bond motifs is 1. The molecule has 2 amide bonds. The Morgan fingerprint density at radius 3 is 2.90 bits per heavy atom. The zero-order valence-electron chi connectivity index (χ0n) is 11.5. The van der Waals surface area contributed by atoms with Crippen molar-refractivity contribution in [2.45, 2.75) is 35.4 Å². The topological polar surface area (TPSA) is 49.4 Å². The number of carbonyl (C=O) groups is 2. The normalized spacial score (nSPS) is 24.6. The molecule has 0 bridgehead atoms. The van der Waals surface area contributed by atoms with Gasteiger partial charge in [0.05, 0.1) is 5.25 Å². The summed E-state index contributed by atoms with van der Waals surface area (Å²) in [5.41, 5.74) is 1.24. The molecule has 2 heterocycles. The van der Waals surface area contributed by atoms with Crippen molar-refractivity contribution in [3.05, 3.63) is 29.8 Å². The summed E-state index contributed by atoms with van der Waals surface area (Å²) in [7, 11) is 1.63. The number of rotatable bonds is 2. The van der Waals surface area contributed by atoms with Crippen molar-refractivity contribution < 1.29 is 9.59 Å². The summed E-state index contributed by atoms with van der Waals surface area (Å²) in [4.78, 5) is 27.5. The molecule has 0 unspecified atom stereocenters. The standard InChI is InChI=1S/C15H18N2O2S/c1-16-14(18)11-6-4-8-17(11)15(19)13-9-10-5-2-3-7-12(10)20-13/h2-3,5,7,11,13H,4,6,8-9H2,1H3,(H,16,18)/t11-,13-/m0/s1. The Morgan fingerprint density at radius 2 is 2.15 bits per heavy atom. The first-order valence-corrected chi connectivity index (χ1v) is 7.85. The van der Waals surface area contributed by atoms with Gasteiger partial charge in [-0.2, -0.15) is 0 Å². The molecule has 1 fully saturated rings. The van der Waals surface area contributed by atoms with Crippen LogP contribution in [-0.4, -0.2) is 41.6 Å². The van der Waals surface area contributed by atoms with E-state index in [4.69, 9.17) is 0 Å². The minimum atomic E-state index is -0.281. The largest absolute Gasteiger partial charge is 0.357 e. The van der Waals surface area contributed by atoms with Crippen LogP contribution in [0.1, 0.15) is 18.4 Å². The summed E-state index contributed by atoms with van der Waals surface area (Å²) in [6, 6.07) is 7.87. The van der Waals surface area contributed by atoms with Gasteiger partial charge in [0.25, 0.3) is 0 Å². The van der Waals surface area contributed by atoms with Gasteiger partial charge in [0.2, 0.25) is 11.8 Å². The van der Waals surface area contributed by atoms with Gasteiger partial charge >= 0.3 is 0 Å². The number of nitrogens with zero attached hydrogens (tertiary/aromatic N) is 1. The second-order valence-corrected chi connectivity index (χ2v) is 6.47. The van der Waals surface area contributed by atoms with Crippen molar-refractivity contribution in [2.24, 2.45) is 0 Å². The van der Waals surface area contributed by atoms with E-state index in [2.05, 4.69) is 17.4 Å². The third-order valence-electron chi connectivity index (χ3n) is 4.01. The van der Waals surface area contributed by atoms with Gasteiger partial charge in [-0.25, -0.2) is 0 Å². The Hall–Kier alpha value is -1.49. The third-order valence-corrected chi connectivity index (χ3v) is 5.31. The van der Waals surface area contributed by atoms with Crippen molar-refractivity contribution in [2.75, 3.05) is 13.6 Å². The number of amides is 2. The first kappa shape index (κ1) is 13.5. The van der Waals surface area contributed by atoms with Crippen molar-refractivity contribution in [3.63, 3.8) is 0 Å². The smallest absolute Gasteiger partial charge is 0.242 e. The van der Waals surface area contributed by atoms with Crippen LogP contribution in [0.4, 0.5) is 0 Å². The number of benzene rings is 1. The van der Waals surface area contributed by atoms with Crippen molar-refractivity contribution in [3.8, 4) is 0 Å². The van der Waals surface area contributed by atoms with E-state index >= 15 is 0 Å². The predicted octanol–water partition coefficient (Wildman–Crippen LogP) is 1.44. The summed E-state index contributed by atoms with van der Waals surface area (Å²) >= 11 is 1.63. The van der Waals surface area contributed by atoms with Gasteiger partial charge in [0, 0.05) is 18.5 Å². The lowest BCUT2D eigenvalue weighted by molar-refractivity contribution is -0.137. The van der Waals surface area contributed by atoms with Gasteiger partial charge in [-0.15, -0.1) is 11.8 Å². The van der Waals surface area contributed by atoms with Crippen LogP contribution in [0.25, 0.3) is 0 Å². The number of nitrogens with one attached hydrogen (secondary N) is 1. The Kier molecular flexibility index (Phi) is 3.70. The zero-order chi connectivity index (χ0) is 14.1. The first-order valence-electron chi connectivity index (χ1n) is 6.97. The lowest BCUT2D eigenvalue weighted by Crippen LogP contribution is -2.47. The molecule has 0 radical (unpaired) electrons. The van der Waals surface area contributed by atoms with Crippen LogP contribution in [0.15, 0.2) is 29.2 Å². The van der Waals surface area contributed by atoms with Crippen molar-refractivity contribution in [1.82, 2.24) is 10.2 Å². The minimum Gasteiger partial charge on any atom is -0.357 e. The highest BCUT2D eigenvalue weighted by molar-refractivity contribution is 8.01. The van der Waals surface area contributed by atoms with Crippen molar-refractivity contribution in [1.29, 1.82) is 0 Å². The van der Waals surface area contributed by atoms with E-state index in [1.54, 1.807) is 23.7 Å². The summed E-state index contributed by atoms with van der Waals surface area (Å²) in [5.74, 6) is 0.0636. The average Bonchev–Trinajstić information content (AvgIpc) is 3.11. The first-order chi connectivity index (χ1) is 9.70. The van der Waals surface area contributed by atoms with Gasteiger partial charge < -0.3 is 10.2 Å². The van der Waals surface area contributed by atoms with Gasteiger partial charge in [-0.3, -0.25) is 9.59 Å². The predicted molar refractivity (Wildman–Crippen MR) is 78.6 cm³/mol. The van der Waals surface area contributed by atoms with E-state index in [9.17, 15) is 9.59 Å². The van der Waals surface area contributed by atoms with E-state index in [-0.39, 0.29) is 23.1 Å². The molecule has 1 aromatic carbocycles. The van der Waals surface area contributed by atoms with E-state index in [1.165, 1.54) is 10.5 Å². The van der Waals surface area contributed by atoms with Crippen LogP contribution in [0.3, 0.4) is 0 Å². The molecular weight excluding hydrogens is 272 g/mol. The van der Waals surface area contributed by atoms with Crippen molar-refractivity contribution >= 4 is 23.6 Å². The molecular formula is C15H18N2O2S. The number of hydrogen-bond acceptors (Lipinski definition) is 3. The Labute approximate surface area is 122 Å². The summed E-state index contributed by atoms with van der Waals surface area (Å²) in [6.07, 6.45) is 2.46. The lowest BCUT2D eigenvalue weighted by atomic mass is 10.1. The third kappa shape index (κ3) is 2.30. The maximum absolute atomic E-state index is 12.7. The molecule has 2 atom stereocenters. The molecule has 2 aliphatic rings. The second-order valence-electron chi connectivity index (χ2n) is 5.22. The number of thioether (sulfide) groups is 1. The molecule has 2 aliphatic heterocycles. The molecule has 20 heavy (non-hydrogen) atoms.